The molecule has 0 spiro atoms. The second-order valence-electron chi connectivity index (χ2n) is 5.32. The highest BCUT2D eigenvalue weighted by atomic mass is 32.2. The van der Waals surface area contributed by atoms with Crippen LogP contribution in [0.1, 0.15) is 24.2 Å². The molecule has 1 rings (SSSR count). The van der Waals surface area contributed by atoms with Gasteiger partial charge in [0, 0.05) is 25.3 Å². The molecule has 9 heteroatoms. The van der Waals surface area contributed by atoms with Gasteiger partial charge in [0.15, 0.2) is 0 Å². The number of carbonyl (C=O) groups is 2. The van der Waals surface area contributed by atoms with Crippen LogP contribution in [0.3, 0.4) is 0 Å². The number of rotatable bonds is 9. The highest BCUT2D eigenvalue weighted by molar-refractivity contribution is 7.89. The van der Waals surface area contributed by atoms with Crippen molar-refractivity contribution in [3.63, 3.8) is 0 Å². The lowest BCUT2D eigenvalue weighted by Gasteiger charge is -2.10. The molecule has 0 saturated heterocycles. The molecule has 0 saturated carbocycles. The molecule has 3 N–H and O–H groups in total. The number of benzene rings is 1. The van der Waals surface area contributed by atoms with Crippen LogP contribution in [-0.4, -0.2) is 53.1 Å². The number of hydrogen-bond acceptors (Lipinski definition) is 5. The number of ether oxygens (including phenoxy) is 1. The average Bonchev–Trinajstić information content (AvgIpc) is 2.52. The number of sulfonamides is 1. The van der Waals surface area contributed by atoms with Crippen LogP contribution in [0.4, 0.5) is 0 Å². The monoisotopic (exact) mass is 357 g/mol. The van der Waals surface area contributed by atoms with E-state index in [2.05, 4.69) is 15.4 Å². The Bertz CT molecular complexity index is 673. The van der Waals surface area contributed by atoms with Crippen LogP contribution in [-0.2, 0) is 19.6 Å². The largest absolute Gasteiger partial charge is 0.383 e. The minimum atomic E-state index is -3.72. The summed E-state index contributed by atoms with van der Waals surface area (Å²) in [5.74, 6) is -0.841. The smallest absolute Gasteiger partial charge is 0.251 e. The van der Waals surface area contributed by atoms with Gasteiger partial charge in [-0.05, 0) is 32.0 Å². The molecule has 0 radical (unpaired) electrons. The molecular weight excluding hydrogens is 334 g/mol. The van der Waals surface area contributed by atoms with Gasteiger partial charge in [0.1, 0.15) is 0 Å². The van der Waals surface area contributed by atoms with Crippen molar-refractivity contribution in [3.05, 3.63) is 29.8 Å². The lowest BCUT2D eigenvalue weighted by Crippen LogP contribution is -2.39. The molecule has 0 fully saturated rings. The van der Waals surface area contributed by atoms with Crippen molar-refractivity contribution in [2.75, 3.05) is 26.8 Å². The summed E-state index contributed by atoms with van der Waals surface area (Å²) < 4.78 is 31.4. The predicted octanol–water partition coefficient (Wildman–Crippen LogP) is -0.134. The SMILES string of the molecule is COCCNS(=O)(=O)c1cccc(C(=O)NCC(=O)NC(C)C)c1. The van der Waals surface area contributed by atoms with Crippen LogP contribution in [0.5, 0.6) is 0 Å². The standard InChI is InChI=1S/C15H23N3O5S/c1-11(2)18-14(19)10-16-15(20)12-5-4-6-13(9-12)24(21,22)17-7-8-23-3/h4-6,9,11,17H,7-8,10H2,1-3H3,(H,16,20)(H,18,19). The Morgan fingerprint density at radius 3 is 2.58 bits per heavy atom. The molecular formula is C15H23N3O5S. The molecule has 8 nitrogen and oxygen atoms in total. The van der Waals surface area contributed by atoms with E-state index in [1.165, 1.54) is 31.4 Å². The van der Waals surface area contributed by atoms with Crippen molar-refractivity contribution in [2.45, 2.75) is 24.8 Å². The Morgan fingerprint density at radius 1 is 1.25 bits per heavy atom. The van der Waals surface area contributed by atoms with Gasteiger partial charge in [0.05, 0.1) is 18.0 Å². The topological polar surface area (TPSA) is 114 Å². The van der Waals surface area contributed by atoms with Gasteiger partial charge in [-0.15, -0.1) is 0 Å². The van der Waals surface area contributed by atoms with Crippen LogP contribution in [0.15, 0.2) is 29.2 Å². The van der Waals surface area contributed by atoms with Crippen LogP contribution >= 0.6 is 0 Å². The third kappa shape index (κ3) is 6.65. The van der Waals surface area contributed by atoms with E-state index in [0.29, 0.717) is 0 Å². The summed E-state index contributed by atoms with van der Waals surface area (Å²) in [7, 11) is -2.26. The van der Waals surface area contributed by atoms with E-state index in [-0.39, 0.29) is 42.1 Å². The summed E-state index contributed by atoms with van der Waals surface area (Å²) in [5, 5.41) is 5.09. The van der Waals surface area contributed by atoms with Gasteiger partial charge in [-0.2, -0.15) is 0 Å². The molecule has 0 aromatic heterocycles. The van der Waals surface area contributed by atoms with Crippen LogP contribution in [0, 0.1) is 0 Å². The van der Waals surface area contributed by atoms with E-state index < -0.39 is 15.9 Å². The maximum Gasteiger partial charge on any atom is 0.251 e. The Labute approximate surface area is 142 Å². The normalized spacial score (nSPS) is 11.3. The second-order valence-corrected chi connectivity index (χ2v) is 7.09. The highest BCUT2D eigenvalue weighted by Crippen LogP contribution is 2.11. The van der Waals surface area contributed by atoms with Gasteiger partial charge in [-0.1, -0.05) is 6.07 Å². The maximum absolute atomic E-state index is 12.1. The predicted molar refractivity (Wildman–Crippen MR) is 89.1 cm³/mol. The molecule has 0 aliphatic heterocycles. The Hall–Kier alpha value is -1.97. The minimum Gasteiger partial charge on any atom is -0.383 e. The molecule has 24 heavy (non-hydrogen) atoms. The van der Waals surface area contributed by atoms with Gasteiger partial charge in [-0.3, -0.25) is 9.59 Å². The number of methoxy groups -OCH3 is 1. The lowest BCUT2D eigenvalue weighted by atomic mass is 10.2. The molecule has 0 heterocycles. The van der Waals surface area contributed by atoms with Crippen LogP contribution in [0.2, 0.25) is 0 Å². The zero-order chi connectivity index (χ0) is 18.2. The van der Waals surface area contributed by atoms with Crippen LogP contribution < -0.4 is 15.4 Å². The molecule has 0 unspecified atom stereocenters. The van der Waals surface area contributed by atoms with Gasteiger partial charge in [-0.25, -0.2) is 13.1 Å². The van der Waals surface area contributed by atoms with Gasteiger partial charge in [0.2, 0.25) is 15.9 Å². The van der Waals surface area contributed by atoms with Crippen molar-refractivity contribution in [1.29, 1.82) is 0 Å². The molecule has 0 bridgehead atoms. The first kappa shape index (κ1) is 20.1. The third-order valence-corrected chi connectivity index (χ3v) is 4.32. The van der Waals surface area contributed by atoms with Crippen molar-refractivity contribution in [3.8, 4) is 0 Å². The molecule has 0 aliphatic carbocycles. The van der Waals surface area contributed by atoms with Gasteiger partial charge in [0.25, 0.3) is 5.91 Å². The first-order valence-corrected chi connectivity index (χ1v) is 8.91. The Balaban J connectivity index is 2.73. The summed E-state index contributed by atoms with van der Waals surface area (Å²) in [5.41, 5.74) is 0.155. The van der Waals surface area contributed by atoms with Gasteiger partial charge >= 0.3 is 0 Å². The summed E-state index contributed by atoms with van der Waals surface area (Å²) >= 11 is 0. The molecule has 134 valence electrons. The molecule has 0 aliphatic rings. The average molecular weight is 357 g/mol. The zero-order valence-electron chi connectivity index (χ0n) is 14.0. The van der Waals surface area contributed by atoms with Crippen LogP contribution in [0.25, 0.3) is 0 Å². The number of nitrogens with one attached hydrogen (secondary N) is 3. The number of hydrogen-bond donors (Lipinski definition) is 3. The first-order valence-electron chi connectivity index (χ1n) is 7.42. The van der Waals surface area contributed by atoms with Crippen molar-refractivity contribution >= 4 is 21.8 Å². The van der Waals surface area contributed by atoms with E-state index in [9.17, 15) is 18.0 Å². The van der Waals surface area contributed by atoms with E-state index >= 15 is 0 Å². The molecule has 0 atom stereocenters. The summed E-state index contributed by atoms with van der Waals surface area (Å²) in [6, 6.07) is 5.56. The zero-order valence-corrected chi connectivity index (χ0v) is 14.8. The first-order chi connectivity index (χ1) is 11.3. The maximum atomic E-state index is 12.1. The minimum absolute atomic E-state index is 0.0268. The van der Waals surface area contributed by atoms with E-state index in [1.54, 1.807) is 0 Å². The number of carbonyl (C=O) groups excluding carboxylic acids is 2. The summed E-state index contributed by atoms with van der Waals surface area (Å²) in [6.07, 6.45) is 0. The fourth-order valence-corrected chi connectivity index (χ4v) is 2.86. The summed E-state index contributed by atoms with van der Waals surface area (Å²) in [4.78, 5) is 23.5. The van der Waals surface area contributed by atoms with E-state index in [4.69, 9.17) is 4.74 Å². The van der Waals surface area contributed by atoms with E-state index in [0.717, 1.165) is 0 Å². The summed E-state index contributed by atoms with van der Waals surface area (Å²) in [6.45, 7) is 3.81. The van der Waals surface area contributed by atoms with Gasteiger partial charge < -0.3 is 15.4 Å². The van der Waals surface area contributed by atoms with Crippen molar-refractivity contribution < 1.29 is 22.7 Å². The quantitative estimate of drug-likeness (QED) is 0.533. The fraction of sp³-hybridized carbons (Fsp3) is 0.467. The highest BCUT2D eigenvalue weighted by Gasteiger charge is 2.16. The fourth-order valence-electron chi connectivity index (χ4n) is 1.80. The molecule has 2 amide bonds. The molecule has 1 aromatic carbocycles. The number of amides is 2. The Kier molecular flexibility index (Phi) is 7.83. The van der Waals surface area contributed by atoms with E-state index in [1.807, 2.05) is 13.8 Å². The second kappa shape index (κ2) is 9.36. The van der Waals surface area contributed by atoms with Crippen molar-refractivity contribution in [2.24, 2.45) is 0 Å². The third-order valence-electron chi connectivity index (χ3n) is 2.86. The molecule has 1 aromatic rings. The lowest BCUT2D eigenvalue weighted by molar-refractivity contribution is -0.120. The van der Waals surface area contributed by atoms with Crippen molar-refractivity contribution in [1.82, 2.24) is 15.4 Å². The Morgan fingerprint density at radius 2 is 1.96 bits per heavy atom.